The summed E-state index contributed by atoms with van der Waals surface area (Å²) in [7, 11) is 0. The molecule has 0 atom stereocenters. The van der Waals surface area contributed by atoms with Gasteiger partial charge in [0.1, 0.15) is 0 Å². The van der Waals surface area contributed by atoms with E-state index in [-0.39, 0.29) is 23.5 Å². The van der Waals surface area contributed by atoms with Gasteiger partial charge in [-0.05, 0) is 19.8 Å². The van der Waals surface area contributed by atoms with Gasteiger partial charge in [-0.15, -0.1) is 10.2 Å². The van der Waals surface area contributed by atoms with Crippen molar-refractivity contribution in [3.05, 3.63) is 0 Å². The number of carbonyl (C=O) groups excluding carboxylic acids is 2. The van der Waals surface area contributed by atoms with Crippen molar-refractivity contribution >= 4 is 40.1 Å². The number of amides is 1. The van der Waals surface area contributed by atoms with Crippen LogP contribution in [-0.4, -0.2) is 34.4 Å². The van der Waals surface area contributed by atoms with Crippen LogP contribution in [0, 0.1) is 5.92 Å². The summed E-state index contributed by atoms with van der Waals surface area (Å²) in [4.78, 5) is 22.6. The van der Waals surface area contributed by atoms with E-state index in [9.17, 15) is 9.59 Å². The summed E-state index contributed by atoms with van der Waals surface area (Å²) in [6, 6.07) is 0. The van der Waals surface area contributed by atoms with E-state index in [0.717, 1.165) is 12.8 Å². The van der Waals surface area contributed by atoms with E-state index in [1.54, 1.807) is 6.92 Å². The summed E-state index contributed by atoms with van der Waals surface area (Å²) in [5.74, 6) is 0.0814. The number of ether oxygens (including phenoxy) is 1. The highest BCUT2D eigenvalue weighted by atomic mass is 32.2. The first-order valence-corrected chi connectivity index (χ1v) is 7.42. The Morgan fingerprint density at radius 2 is 2.28 bits per heavy atom. The van der Waals surface area contributed by atoms with Crippen molar-refractivity contribution in [3.63, 3.8) is 0 Å². The first kappa shape index (κ1) is 13.3. The Balaban J connectivity index is 1.78. The van der Waals surface area contributed by atoms with Crippen molar-refractivity contribution in [3.8, 4) is 0 Å². The Hall–Kier alpha value is -1.15. The van der Waals surface area contributed by atoms with Gasteiger partial charge in [0.15, 0.2) is 4.34 Å². The fourth-order valence-electron chi connectivity index (χ4n) is 1.19. The predicted molar refractivity (Wildman–Crippen MR) is 68.6 cm³/mol. The predicted octanol–water partition coefficient (Wildman–Crippen LogP) is 1.54. The number of thioether (sulfide) groups is 1. The van der Waals surface area contributed by atoms with Gasteiger partial charge in [-0.1, -0.05) is 23.1 Å². The van der Waals surface area contributed by atoms with Gasteiger partial charge in [0.2, 0.25) is 11.0 Å². The number of carbonyl (C=O) groups is 2. The van der Waals surface area contributed by atoms with Gasteiger partial charge >= 0.3 is 5.97 Å². The fraction of sp³-hybridized carbons (Fsp3) is 0.600. The van der Waals surface area contributed by atoms with E-state index in [1.165, 1.54) is 23.1 Å². The van der Waals surface area contributed by atoms with Crippen LogP contribution in [0.1, 0.15) is 19.8 Å². The molecule has 1 heterocycles. The fourth-order valence-corrected chi connectivity index (χ4v) is 2.75. The molecule has 1 aromatic rings. The molecule has 1 N–H and O–H groups in total. The van der Waals surface area contributed by atoms with Gasteiger partial charge < -0.3 is 10.1 Å². The summed E-state index contributed by atoms with van der Waals surface area (Å²) >= 11 is 2.53. The van der Waals surface area contributed by atoms with Crippen LogP contribution in [0.25, 0.3) is 0 Å². The molecule has 0 unspecified atom stereocenters. The van der Waals surface area contributed by atoms with E-state index in [4.69, 9.17) is 4.74 Å². The standard InChI is InChI=1S/C10H13N3O3S2/c1-2-16-7(14)5-17-10-13-12-9(18-10)11-8(15)6-3-4-6/h6H,2-5H2,1H3,(H,11,12,15). The molecule has 2 rings (SSSR count). The quantitative estimate of drug-likeness (QED) is 0.485. The van der Waals surface area contributed by atoms with E-state index >= 15 is 0 Å². The molecule has 0 bridgehead atoms. The Morgan fingerprint density at radius 3 is 2.94 bits per heavy atom. The number of rotatable bonds is 6. The molecule has 1 aliphatic rings. The summed E-state index contributed by atoms with van der Waals surface area (Å²) < 4.78 is 5.45. The smallest absolute Gasteiger partial charge is 0.316 e. The molecule has 0 aliphatic heterocycles. The van der Waals surface area contributed by atoms with E-state index in [0.29, 0.717) is 16.1 Å². The Labute approximate surface area is 113 Å². The van der Waals surface area contributed by atoms with Crippen LogP contribution in [0.4, 0.5) is 5.13 Å². The number of aromatic nitrogens is 2. The van der Waals surface area contributed by atoms with Gasteiger partial charge in [0.25, 0.3) is 0 Å². The SMILES string of the molecule is CCOC(=O)CSc1nnc(NC(=O)C2CC2)s1. The number of anilines is 1. The molecule has 0 spiro atoms. The average Bonchev–Trinajstić information content (AvgIpc) is 3.10. The monoisotopic (exact) mass is 287 g/mol. The molecule has 1 aliphatic carbocycles. The van der Waals surface area contributed by atoms with E-state index < -0.39 is 0 Å². The minimum atomic E-state index is -0.277. The molecule has 0 saturated heterocycles. The summed E-state index contributed by atoms with van der Waals surface area (Å²) in [6.07, 6.45) is 1.91. The molecule has 0 radical (unpaired) electrons. The van der Waals surface area contributed by atoms with Crippen LogP contribution in [-0.2, 0) is 14.3 Å². The summed E-state index contributed by atoms with van der Waals surface area (Å²) in [5.41, 5.74) is 0. The van der Waals surface area contributed by atoms with Crippen LogP contribution in [0.15, 0.2) is 4.34 Å². The molecule has 1 amide bonds. The third-order valence-electron chi connectivity index (χ3n) is 2.20. The summed E-state index contributed by atoms with van der Waals surface area (Å²) in [5, 5.41) is 10.9. The molecule has 1 aromatic heterocycles. The highest BCUT2D eigenvalue weighted by molar-refractivity contribution is 8.01. The van der Waals surface area contributed by atoms with Gasteiger partial charge in [-0.3, -0.25) is 9.59 Å². The van der Waals surface area contributed by atoms with E-state index in [1.807, 2.05) is 0 Å². The topological polar surface area (TPSA) is 81.2 Å². The number of nitrogens with one attached hydrogen (secondary N) is 1. The van der Waals surface area contributed by atoms with Crippen LogP contribution in [0.5, 0.6) is 0 Å². The van der Waals surface area contributed by atoms with Gasteiger partial charge in [0, 0.05) is 5.92 Å². The van der Waals surface area contributed by atoms with Gasteiger partial charge in [-0.2, -0.15) is 0 Å². The highest BCUT2D eigenvalue weighted by Gasteiger charge is 2.30. The van der Waals surface area contributed by atoms with E-state index in [2.05, 4.69) is 15.5 Å². The molecule has 1 saturated carbocycles. The average molecular weight is 287 g/mol. The number of esters is 1. The number of nitrogens with zero attached hydrogens (tertiary/aromatic N) is 2. The zero-order chi connectivity index (χ0) is 13.0. The minimum Gasteiger partial charge on any atom is -0.465 e. The molecule has 18 heavy (non-hydrogen) atoms. The maximum Gasteiger partial charge on any atom is 0.316 e. The second-order valence-electron chi connectivity index (χ2n) is 3.73. The van der Waals surface area contributed by atoms with Crippen molar-refractivity contribution in [1.29, 1.82) is 0 Å². The van der Waals surface area contributed by atoms with Crippen molar-refractivity contribution < 1.29 is 14.3 Å². The molecule has 8 heteroatoms. The lowest BCUT2D eigenvalue weighted by atomic mass is 10.4. The minimum absolute atomic E-state index is 0.00749. The van der Waals surface area contributed by atoms with Gasteiger partial charge in [0.05, 0.1) is 12.4 Å². The highest BCUT2D eigenvalue weighted by Crippen LogP contribution is 2.31. The molecule has 98 valence electrons. The Bertz CT molecular complexity index is 445. The van der Waals surface area contributed by atoms with Gasteiger partial charge in [-0.25, -0.2) is 0 Å². The molecule has 6 nitrogen and oxygen atoms in total. The normalized spacial score (nSPS) is 14.3. The maximum atomic E-state index is 11.5. The largest absolute Gasteiger partial charge is 0.465 e. The Kier molecular flexibility index (Phi) is 4.54. The first-order valence-electron chi connectivity index (χ1n) is 5.62. The number of hydrogen-bond acceptors (Lipinski definition) is 7. The zero-order valence-electron chi connectivity index (χ0n) is 9.84. The molecular weight excluding hydrogens is 274 g/mol. The molecular formula is C10H13N3O3S2. The maximum absolute atomic E-state index is 11.5. The van der Waals surface area contributed by atoms with Crippen molar-refractivity contribution in [1.82, 2.24) is 10.2 Å². The van der Waals surface area contributed by atoms with Crippen LogP contribution in [0.2, 0.25) is 0 Å². The lowest BCUT2D eigenvalue weighted by Crippen LogP contribution is -2.12. The molecule has 0 aromatic carbocycles. The van der Waals surface area contributed by atoms with Crippen molar-refractivity contribution in [2.45, 2.75) is 24.1 Å². The van der Waals surface area contributed by atoms with Crippen LogP contribution in [0.3, 0.4) is 0 Å². The lowest BCUT2D eigenvalue weighted by Gasteiger charge is -1.98. The molecule has 1 fully saturated rings. The third kappa shape index (κ3) is 3.95. The van der Waals surface area contributed by atoms with Crippen LogP contribution < -0.4 is 5.32 Å². The zero-order valence-corrected chi connectivity index (χ0v) is 11.5. The van der Waals surface area contributed by atoms with Crippen molar-refractivity contribution in [2.24, 2.45) is 5.92 Å². The first-order chi connectivity index (χ1) is 8.69. The second-order valence-corrected chi connectivity index (χ2v) is 5.93. The second kappa shape index (κ2) is 6.14. The van der Waals surface area contributed by atoms with Crippen molar-refractivity contribution in [2.75, 3.05) is 17.7 Å². The van der Waals surface area contributed by atoms with Crippen LogP contribution >= 0.6 is 23.1 Å². The Morgan fingerprint density at radius 1 is 1.50 bits per heavy atom. The number of hydrogen-bond donors (Lipinski definition) is 1. The lowest BCUT2D eigenvalue weighted by molar-refractivity contribution is -0.139. The summed E-state index contributed by atoms with van der Waals surface area (Å²) in [6.45, 7) is 2.14. The third-order valence-corrected chi connectivity index (χ3v) is 4.15.